The van der Waals surface area contributed by atoms with Gasteiger partial charge in [0.2, 0.25) is 0 Å². The van der Waals surface area contributed by atoms with Crippen molar-refractivity contribution >= 4 is 33.2 Å². The molecule has 1 fully saturated rings. The Labute approximate surface area is 133 Å². The minimum Gasteiger partial charge on any atom is -0.378 e. The van der Waals surface area contributed by atoms with Gasteiger partial charge in [-0.2, -0.15) is 0 Å². The molecule has 1 saturated heterocycles. The molecule has 2 N–H and O–H groups in total. The Morgan fingerprint density at radius 2 is 2.29 bits per heavy atom. The lowest BCUT2D eigenvalue weighted by atomic mass is 10.1. The van der Waals surface area contributed by atoms with E-state index in [1.165, 1.54) is 6.42 Å². The Balaban J connectivity index is 1.79. The number of carbonyl (C=O) groups is 1. The van der Waals surface area contributed by atoms with Crippen LogP contribution < -0.4 is 10.2 Å². The third-order valence-corrected chi connectivity index (χ3v) is 4.99. The Morgan fingerprint density at radius 3 is 2.95 bits per heavy atom. The zero-order valence-electron chi connectivity index (χ0n) is 12.3. The van der Waals surface area contributed by atoms with Crippen molar-refractivity contribution in [3.05, 3.63) is 22.2 Å². The van der Waals surface area contributed by atoms with Gasteiger partial charge in [0.15, 0.2) is 6.10 Å². The Hall–Kier alpha value is -1.11. The molecule has 0 bridgehead atoms. The summed E-state index contributed by atoms with van der Waals surface area (Å²) < 4.78 is 0.908. The Kier molecular flexibility index (Phi) is 3.94. The number of anilines is 2. The second kappa shape index (κ2) is 5.59. The molecule has 6 heteroatoms. The summed E-state index contributed by atoms with van der Waals surface area (Å²) in [6.45, 7) is 3.27. The largest absolute Gasteiger partial charge is 0.378 e. The number of likely N-dealkylation sites (tertiary alicyclic amines) is 1. The van der Waals surface area contributed by atoms with Crippen molar-refractivity contribution in [2.75, 3.05) is 43.9 Å². The van der Waals surface area contributed by atoms with E-state index in [4.69, 9.17) is 0 Å². The monoisotopic (exact) mass is 353 g/mol. The van der Waals surface area contributed by atoms with E-state index in [1.807, 2.05) is 12.1 Å². The molecule has 0 spiro atoms. The van der Waals surface area contributed by atoms with E-state index in [0.717, 1.165) is 29.8 Å². The number of hydrogen-bond acceptors (Lipinski definition) is 4. The van der Waals surface area contributed by atoms with Gasteiger partial charge in [-0.05, 0) is 54.0 Å². The second-order valence-electron chi connectivity index (χ2n) is 6.08. The van der Waals surface area contributed by atoms with E-state index in [-0.39, 0.29) is 5.91 Å². The average Bonchev–Trinajstić information content (AvgIpc) is 2.95. The number of nitrogens with zero attached hydrogens (tertiary/aromatic N) is 2. The summed E-state index contributed by atoms with van der Waals surface area (Å²) in [5.41, 5.74) is 2.39. The molecule has 1 aromatic carbocycles. The highest BCUT2D eigenvalue weighted by atomic mass is 79.9. The van der Waals surface area contributed by atoms with Crippen LogP contribution in [0.2, 0.25) is 0 Å². The van der Waals surface area contributed by atoms with Crippen molar-refractivity contribution in [1.82, 2.24) is 4.90 Å². The maximum atomic E-state index is 11.5. The molecule has 2 aliphatic rings. The summed E-state index contributed by atoms with van der Waals surface area (Å²) in [6, 6.07) is 3.77. The normalized spacial score (nSPS) is 25.0. The lowest BCUT2D eigenvalue weighted by Crippen LogP contribution is -2.27. The van der Waals surface area contributed by atoms with E-state index in [0.29, 0.717) is 17.2 Å². The zero-order chi connectivity index (χ0) is 15.1. The molecule has 2 unspecified atom stereocenters. The SMILES string of the molecule is CN1CCC(CN(C)c2cc3c(cc2Br)C(O)C(=O)N3)C1. The van der Waals surface area contributed by atoms with Crippen LogP contribution in [0, 0.1) is 5.92 Å². The summed E-state index contributed by atoms with van der Waals surface area (Å²) in [4.78, 5) is 16.1. The number of hydrogen-bond donors (Lipinski definition) is 2. The summed E-state index contributed by atoms with van der Waals surface area (Å²) in [5.74, 6) is 0.314. The highest BCUT2D eigenvalue weighted by Crippen LogP contribution is 2.39. The second-order valence-corrected chi connectivity index (χ2v) is 6.93. The summed E-state index contributed by atoms with van der Waals surface area (Å²) >= 11 is 3.56. The van der Waals surface area contributed by atoms with Crippen LogP contribution in [0.1, 0.15) is 18.1 Å². The van der Waals surface area contributed by atoms with Gasteiger partial charge in [0.05, 0.1) is 5.69 Å². The fourth-order valence-electron chi connectivity index (χ4n) is 3.21. The smallest absolute Gasteiger partial charge is 0.257 e. The molecule has 114 valence electrons. The van der Waals surface area contributed by atoms with Gasteiger partial charge >= 0.3 is 0 Å². The fraction of sp³-hybridized carbons (Fsp3) is 0.533. The van der Waals surface area contributed by atoms with Crippen molar-refractivity contribution in [3.63, 3.8) is 0 Å². The Morgan fingerprint density at radius 1 is 1.52 bits per heavy atom. The van der Waals surface area contributed by atoms with E-state index >= 15 is 0 Å². The predicted molar refractivity (Wildman–Crippen MR) is 86.6 cm³/mol. The van der Waals surface area contributed by atoms with Crippen LogP contribution in [-0.4, -0.2) is 49.6 Å². The molecule has 0 saturated carbocycles. The fourth-order valence-corrected chi connectivity index (χ4v) is 3.87. The van der Waals surface area contributed by atoms with Gasteiger partial charge in [0.25, 0.3) is 5.91 Å². The summed E-state index contributed by atoms with van der Waals surface area (Å²) in [7, 11) is 4.22. The molecule has 1 aromatic rings. The molecule has 2 aliphatic heterocycles. The molecular formula is C15H20BrN3O2. The average molecular weight is 354 g/mol. The van der Waals surface area contributed by atoms with Crippen LogP contribution in [0.3, 0.4) is 0 Å². The molecule has 0 aromatic heterocycles. The van der Waals surface area contributed by atoms with Gasteiger partial charge < -0.3 is 20.2 Å². The minimum atomic E-state index is -1.06. The van der Waals surface area contributed by atoms with Crippen LogP contribution in [0.4, 0.5) is 11.4 Å². The van der Waals surface area contributed by atoms with Crippen molar-refractivity contribution in [1.29, 1.82) is 0 Å². The first-order valence-electron chi connectivity index (χ1n) is 7.17. The number of rotatable bonds is 3. The van der Waals surface area contributed by atoms with Gasteiger partial charge in [0.1, 0.15) is 0 Å². The molecule has 5 nitrogen and oxygen atoms in total. The number of fused-ring (bicyclic) bond motifs is 1. The van der Waals surface area contributed by atoms with E-state index in [2.05, 4.69) is 45.1 Å². The number of aliphatic hydroxyl groups is 1. The lowest BCUT2D eigenvalue weighted by molar-refractivity contribution is -0.123. The minimum absolute atomic E-state index is 0.353. The number of amides is 1. The third kappa shape index (κ3) is 2.80. The molecule has 1 amide bonds. The van der Waals surface area contributed by atoms with Crippen molar-refractivity contribution < 1.29 is 9.90 Å². The highest BCUT2D eigenvalue weighted by Gasteiger charge is 2.30. The quantitative estimate of drug-likeness (QED) is 0.870. The van der Waals surface area contributed by atoms with Crippen molar-refractivity contribution in [2.24, 2.45) is 5.92 Å². The van der Waals surface area contributed by atoms with Crippen LogP contribution in [-0.2, 0) is 4.79 Å². The number of benzene rings is 1. The van der Waals surface area contributed by atoms with Crippen LogP contribution in [0.15, 0.2) is 16.6 Å². The van der Waals surface area contributed by atoms with Crippen molar-refractivity contribution in [2.45, 2.75) is 12.5 Å². The topological polar surface area (TPSA) is 55.8 Å². The zero-order valence-corrected chi connectivity index (χ0v) is 13.9. The third-order valence-electron chi connectivity index (χ3n) is 4.35. The van der Waals surface area contributed by atoms with Gasteiger partial charge in [-0.15, -0.1) is 0 Å². The molecule has 21 heavy (non-hydrogen) atoms. The van der Waals surface area contributed by atoms with Crippen LogP contribution in [0.5, 0.6) is 0 Å². The van der Waals surface area contributed by atoms with Gasteiger partial charge in [-0.3, -0.25) is 4.79 Å². The molecule has 2 heterocycles. The van der Waals surface area contributed by atoms with Crippen LogP contribution >= 0.6 is 15.9 Å². The summed E-state index contributed by atoms with van der Waals surface area (Å²) in [5, 5.41) is 12.5. The lowest BCUT2D eigenvalue weighted by Gasteiger charge is -2.25. The first-order valence-corrected chi connectivity index (χ1v) is 7.97. The Bertz CT molecular complexity index is 578. The number of aliphatic hydroxyl groups excluding tert-OH is 1. The molecule has 2 atom stereocenters. The summed E-state index contributed by atoms with van der Waals surface area (Å²) in [6.07, 6.45) is 0.165. The van der Waals surface area contributed by atoms with E-state index in [9.17, 15) is 9.90 Å². The van der Waals surface area contributed by atoms with Gasteiger partial charge in [-0.1, -0.05) is 0 Å². The molecule has 3 rings (SSSR count). The molecule has 0 aliphatic carbocycles. The number of halogens is 1. The first-order chi connectivity index (χ1) is 9.95. The first kappa shape index (κ1) is 14.8. The maximum absolute atomic E-state index is 11.5. The predicted octanol–water partition coefficient (Wildman–Crippen LogP) is 1.82. The molecule has 0 radical (unpaired) electrons. The number of carbonyl (C=O) groups excluding carboxylic acids is 1. The van der Waals surface area contributed by atoms with Gasteiger partial charge in [0, 0.05) is 35.9 Å². The molecular weight excluding hydrogens is 334 g/mol. The van der Waals surface area contributed by atoms with E-state index < -0.39 is 6.10 Å². The standard InChI is InChI=1S/C15H20BrN3O2/c1-18-4-3-9(7-18)8-19(2)13-6-12-10(5-11(13)16)14(20)15(21)17-12/h5-6,9,14,20H,3-4,7-8H2,1-2H3,(H,17,21). The van der Waals surface area contributed by atoms with Crippen LogP contribution in [0.25, 0.3) is 0 Å². The maximum Gasteiger partial charge on any atom is 0.257 e. The highest BCUT2D eigenvalue weighted by molar-refractivity contribution is 9.10. The van der Waals surface area contributed by atoms with Crippen molar-refractivity contribution in [3.8, 4) is 0 Å². The number of nitrogens with one attached hydrogen (secondary N) is 1. The van der Waals surface area contributed by atoms with E-state index in [1.54, 1.807) is 0 Å². The van der Waals surface area contributed by atoms with Gasteiger partial charge in [-0.25, -0.2) is 0 Å².